The molecule has 164 valence electrons. The van der Waals surface area contributed by atoms with Crippen molar-refractivity contribution in [2.45, 2.75) is 4.90 Å². The molecule has 0 aliphatic carbocycles. The Morgan fingerprint density at radius 1 is 1.03 bits per heavy atom. The summed E-state index contributed by atoms with van der Waals surface area (Å²) in [5.41, 5.74) is 0.369. The average molecular weight is 458 g/mol. The van der Waals surface area contributed by atoms with Crippen LogP contribution >= 0.6 is 0 Å². The maximum absolute atomic E-state index is 11.7. The molecule has 3 rings (SSSR count). The molecular weight excluding hydrogens is 434 g/mol. The Bertz CT molecular complexity index is 1130. The van der Waals surface area contributed by atoms with Gasteiger partial charge in [-0.05, 0) is 18.2 Å². The lowest BCUT2D eigenvalue weighted by Crippen LogP contribution is -2.49. The van der Waals surface area contributed by atoms with E-state index in [1.165, 1.54) is 28.8 Å². The van der Waals surface area contributed by atoms with Gasteiger partial charge in [0.1, 0.15) is 0 Å². The van der Waals surface area contributed by atoms with E-state index in [4.69, 9.17) is 0 Å². The van der Waals surface area contributed by atoms with Crippen LogP contribution in [0.1, 0.15) is 0 Å². The van der Waals surface area contributed by atoms with Crippen molar-refractivity contribution in [3.05, 3.63) is 24.3 Å². The summed E-state index contributed by atoms with van der Waals surface area (Å²) in [6, 6.07) is 5.62. The molecule has 2 N–H and O–H groups in total. The van der Waals surface area contributed by atoms with E-state index in [0.717, 1.165) is 0 Å². The monoisotopic (exact) mass is 457 g/mol. The van der Waals surface area contributed by atoms with Crippen molar-refractivity contribution in [3.63, 3.8) is 0 Å². The molecule has 0 radical (unpaired) electrons. The molecule has 12 nitrogen and oxygen atoms in total. The molecule has 0 saturated carbocycles. The lowest BCUT2D eigenvalue weighted by atomic mass is 10.3. The molecule has 0 bridgehead atoms. The van der Waals surface area contributed by atoms with Gasteiger partial charge in [0.2, 0.25) is 27.9 Å². The zero-order valence-electron chi connectivity index (χ0n) is 16.7. The predicted octanol–water partition coefficient (Wildman–Crippen LogP) is 0.00950. The highest BCUT2D eigenvalue weighted by Gasteiger charge is 2.25. The van der Waals surface area contributed by atoms with Crippen LogP contribution in [0.2, 0.25) is 0 Å². The number of nitrogens with one attached hydrogen (secondary N) is 1. The molecule has 0 unspecified atom stereocenters. The molecule has 2 aromatic rings. The first kappa shape index (κ1) is 22.1. The SMILES string of the molecule is CN(C)c1nc(Nc2cccc(S(=O)(=O)O)c2)nc(N2CCN(S(C)(=O)=O)CC2)n1. The summed E-state index contributed by atoms with van der Waals surface area (Å²) in [6.45, 7) is 1.48. The number of hydrogen-bond acceptors (Lipinski definition) is 10. The summed E-state index contributed by atoms with van der Waals surface area (Å²) < 4.78 is 56.8. The number of rotatable bonds is 6. The largest absolute Gasteiger partial charge is 0.347 e. The summed E-state index contributed by atoms with van der Waals surface area (Å²) >= 11 is 0. The summed E-state index contributed by atoms with van der Waals surface area (Å²) in [5, 5.41) is 2.93. The van der Waals surface area contributed by atoms with E-state index >= 15 is 0 Å². The lowest BCUT2D eigenvalue weighted by Gasteiger charge is -2.33. The molecule has 1 saturated heterocycles. The highest BCUT2D eigenvalue weighted by atomic mass is 32.2. The highest BCUT2D eigenvalue weighted by Crippen LogP contribution is 2.22. The summed E-state index contributed by atoms with van der Waals surface area (Å²) in [5.74, 6) is 0.927. The predicted molar refractivity (Wildman–Crippen MR) is 112 cm³/mol. The maximum atomic E-state index is 11.7. The summed E-state index contributed by atoms with van der Waals surface area (Å²) in [6.07, 6.45) is 1.18. The Morgan fingerprint density at radius 3 is 2.27 bits per heavy atom. The number of piperazine rings is 1. The van der Waals surface area contributed by atoms with E-state index < -0.39 is 20.1 Å². The van der Waals surface area contributed by atoms with Gasteiger partial charge < -0.3 is 15.1 Å². The molecule has 1 fully saturated rings. The van der Waals surface area contributed by atoms with Crippen LogP contribution in [-0.4, -0.2) is 87.2 Å². The summed E-state index contributed by atoms with van der Waals surface area (Å²) in [4.78, 5) is 16.4. The van der Waals surface area contributed by atoms with E-state index in [9.17, 15) is 21.4 Å². The molecule has 0 atom stereocenters. The Hall–Kier alpha value is -2.55. The van der Waals surface area contributed by atoms with Crippen LogP contribution in [0.25, 0.3) is 0 Å². The smallest absolute Gasteiger partial charge is 0.294 e. The van der Waals surface area contributed by atoms with Gasteiger partial charge in [0.05, 0.1) is 11.2 Å². The minimum atomic E-state index is -4.35. The second kappa shape index (κ2) is 8.29. The second-order valence-corrected chi connectivity index (χ2v) is 10.3. The number of hydrogen-bond donors (Lipinski definition) is 2. The molecule has 1 aliphatic heterocycles. The summed E-state index contributed by atoms with van der Waals surface area (Å²) in [7, 11) is -4.07. The first-order chi connectivity index (χ1) is 13.9. The number of benzene rings is 1. The van der Waals surface area contributed by atoms with Crippen molar-refractivity contribution >= 4 is 43.7 Å². The number of sulfonamides is 1. The van der Waals surface area contributed by atoms with Gasteiger partial charge in [0.15, 0.2) is 0 Å². The van der Waals surface area contributed by atoms with Crippen LogP contribution in [0.3, 0.4) is 0 Å². The maximum Gasteiger partial charge on any atom is 0.294 e. The van der Waals surface area contributed by atoms with Crippen molar-refractivity contribution in [1.82, 2.24) is 19.3 Å². The fraction of sp³-hybridized carbons (Fsp3) is 0.438. The van der Waals surface area contributed by atoms with Gasteiger partial charge in [-0.25, -0.2) is 8.42 Å². The van der Waals surface area contributed by atoms with Crippen LogP contribution in [0.5, 0.6) is 0 Å². The van der Waals surface area contributed by atoms with Gasteiger partial charge in [-0.3, -0.25) is 4.55 Å². The zero-order chi connectivity index (χ0) is 22.1. The molecular formula is C16H23N7O5S2. The highest BCUT2D eigenvalue weighted by molar-refractivity contribution is 7.88. The molecule has 2 heterocycles. The van der Waals surface area contributed by atoms with Gasteiger partial charge in [-0.15, -0.1) is 0 Å². The molecule has 0 amide bonds. The molecule has 0 spiro atoms. The molecule has 14 heteroatoms. The normalized spacial score (nSPS) is 15.8. The van der Waals surface area contributed by atoms with Crippen molar-refractivity contribution in [2.75, 3.05) is 61.6 Å². The Balaban J connectivity index is 1.87. The number of nitrogens with zero attached hydrogens (tertiary/aromatic N) is 6. The van der Waals surface area contributed by atoms with Crippen molar-refractivity contribution < 1.29 is 21.4 Å². The van der Waals surface area contributed by atoms with Crippen LogP contribution in [0.15, 0.2) is 29.2 Å². The van der Waals surface area contributed by atoms with Crippen LogP contribution < -0.4 is 15.1 Å². The fourth-order valence-corrected chi connectivity index (χ4v) is 4.19. The first-order valence-electron chi connectivity index (χ1n) is 8.91. The zero-order valence-corrected chi connectivity index (χ0v) is 18.4. The minimum absolute atomic E-state index is 0.182. The number of anilines is 4. The van der Waals surface area contributed by atoms with Crippen molar-refractivity contribution in [3.8, 4) is 0 Å². The van der Waals surface area contributed by atoms with E-state index in [0.29, 0.717) is 43.8 Å². The Kier molecular flexibility index (Phi) is 6.12. The molecule has 1 aromatic heterocycles. The van der Waals surface area contributed by atoms with E-state index in [2.05, 4.69) is 20.3 Å². The third kappa shape index (κ3) is 5.33. The lowest BCUT2D eigenvalue weighted by molar-refractivity contribution is 0.385. The van der Waals surface area contributed by atoms with Gasteiger partial charge in [-0.1, -0.05) is 6.07 Å². The minimum Gasteiger partial charge on any atom is -0.347 e. The quantitative estimate of drug-likeness (QED) is 0.565. The number of aromatic nitrogens is 3. The van der Waals surface area contributed by atoms with Gasteiger partial charge >= 0.3 is 0 Å². The molecule has 30 heavy (non-hydrogen) atoms. The first-order valence-corrected chi connectivity index (χ1v) is 12.2. The van der Waals surface area contributed by atoms with E-state index in [1.807, 2.05) is 4.90 Å². The second-order valence-electron chi connectivity index (χ2n) is 6.93. The Morgan fingerprint density at radius 2 is 1.70 bits per heavy atom. The average Bonchev–Trinajstić information content (AvgIpc) is 2.66. The topological polar surface area (TPSA) is 149 Å². The van der Waals surface area contributed by atoms with Crippen LogP contribution in [0, 0.1) is 0 Å². The van der Waals surface area contributed by atoms with Gasteiger partial charge in [0.25, 0.3) is 10.1 Å². The van der Waals surface area contributed by atoms with Crippen molar-refractivity contribution in [2.24, 2.45) is 0 Å². The fourth-order valence-electron chi connectivity index (χ4n) is 2.83. The van der Waals surface area contributed by atoms with Crippen LogP contribution in [-0.2, 0) is 20.1 Å². The Labute approximate surface area is 175 Å². The van der Waals surface area contributed by atoms with E-state index in [1.54, 1.807) is 25.1 Å². The van der Waals surface area contributed by atoms with E-state index in [-0.39, 0.29) is 10.8 Å². The van der Waals surface area contributed by atoms with Crippen molar-refractivity contribution in [1.29, 1.82) is 0 Å². The standard InChI is InChI=1S/C16H23N7O5S2/c1-21(2)15-18-14(17-12-5-4-6-13(11-12)30(26,27)28)19-16(20-15)22-7-9-23(10-8-22)29(3,24)25/h4-6,11H,7-10H2,1-3H3,(H,26,27,28)(H,17,18,19,20). The van der Waals surface area contributed by atoms with Crippen LogP contribution in [0.4, 0.5) is 23.5 Å². The molecule has 1 aliphatic rings. The molecule has 1 aromatic carbocycles. The third-order valence-corrected chi connectivity index (χ3v) is 6.54. The third-order valence-electron chi connectivity index (χ3n) is 4.39. The van der Waals surface area contributed by atoms with Gasteiger partial charge in [-0.2, -0.15) is 27.7 Å². The van der Waals surface area contributed by atoms with Gasteiger partial charge in [0, 0.05) is 46.0 Å².